The number of hydrogen-bond acceptors (Lipinski definition) is 5. The fourth-order valence-corrected chi connectivity index (χ4v) is 4.10. The van der Waals surface area contributed by atoms with E-state index in [2.05, 4.69) is 10.1 Å². The van der Waals surface area contributed by atoms with Crippen LogP contribution in [0.3, 0.4) is 0 Å². The number of esters is 1. The number of carbonyl (C=O) groups excluding carboxylic acids is 2. The van der Waals surface area contributed by atoms with E-state index in [9.17, 15) is 9.59 Å². The van der Waals surface area contributed by atoms with Gasteiger partial charge in [0.1, 0.15) is 10.7 Å². The number of halogens is 2. The van der Waals surface area contributed by atoms with Gasteiger partial charge in [0, 0.05) is 24.1 Å². The smallest absolute Gasteiger partial charge is 0.359 e. The molecular formula is C21H18Cl2N4O3. The van der Waals surface area contributed by atoms with E-state index in [-0.39, 0.29) is 21.6 Å². The predicted molar refractivity (Wildman–Crippen MR) is 114 cm³/mol. The third-order valence-corrected chi connectivity index (χ3v) is 5.51. The number of anilines is 1. The molecule has 7 nitrogen and oxygen atoms in total. The van der Waals surface area contributed by atoms with Crippen molar-refractivity contribution >= 4 is 40.8 Å². The Balaban J connectivity index is 1.53. The van der Waals surface area contributed by atoms with Crippen LogP contribution in [0.4, 0.5) is 5.69 Å². The summed E-state index contributed by atoms with van der Waals surface area (Å²) in [5.41, 5.74) is 3.72. The van der Waals surface area contributed by atoms with Gasteiger partial charge in [-0.15, -0.1) is 0 Å². The van der Waals surface area contributed by atoms with E-state index in [1.807, 2.05) is 44.2 Å². The van der Waals surface area contributed by atoms with E-state index in [0.717, 1.165) is 29.1 Å². The largest absolute Gasteiger partial charge is 0.451 e. The van der Waals surface area contributed by atoms with Gasteiger partial charge in [0.25, 0.3) is 5.91 Å². The molecular weight excluding hydrogens is 427 g/mol. The normalized spacial score (nSPS) is 12.7. The van der Waals surface area contributed by atoms with E-state index in [1.54, 1.807) is 9.58 Å². The summed E-state index contributed by atoms with van der Waals surface area (Å²) in [4.78, 5) is 30.8. The molecule has 1 aromatic carbocycles. The van der Waals surface area contributed by atoms with Crippen LogP contribution in [0.2, 0.25) is 10.0 Å². The van der Waals surface area contributed by atoms with Crippen LogP contribution in [-0.4, -0.2) is 39.8 Å². The van der Waals surface area contributed by atoms with Gasteiger partial charge in [-0.1, -0.05) is 41.4 Å². The molecule has 30 heavy (non-hydrogen) atoms. The topological polar surface area (TPSA) is 77.3 Å². The van der Waals surface area contributed by atoms with Gasteiger partial charge in [0.05, 0.1) is 10.7 Å². The van der Waals surface area contributed by atoms with Crippen molar-refractivity contribution in [3.05, 3.63) is 69.2 Å². The van der Waals surface area contributed by atoms with Crippen LogP contribution in [-0.2, 0) is 16.0 Å². The quantitative estimate of drug-likeness (QED) is 0.569. The standard InChI is InChI=1S/C21H18Cl2N4O3/c1-12-9-13(2)27(25-12)20-15(22)10-24-19(18(20)23)21(29)30-11-17(28)26-8-7-14-5-3-4-6-16(14)26/h3-6,9-10H,7-8,11H2,1-2H3. The average molecular weight is 445 g/mol. The number of rotatable bonds is 4. The Hall–Kier alpha value is -2.90. The number of benzene rings is 1. The summed E-state index contributed by atoms with van der Waals surface area (Å²) in [6.45, 7) is 3.82. The monoisotopic (exact) mass is 444 g/mol. The number of amides is 1. The van der Waals surface area contributed by atoms with E-state index >= 15 is 0 Å². The zero-order chi connectivity index (χ0) is 21.4. The molecule has 3 heterocycles. The minimum absolute atomic E-state index is 0.0117. The second-order valence-corrected chi connectivity index (χ2v) is 7.74. The molecule has 0 saturated heterocycles. The Morgan fingerprint density at radius 3 is 2.70 bits per heavy atom. The molecule has 1 aliphatic heterocycles. The maximum absolute atomic E-state index is 12.6. The van der Waals surface area contributed by atoms with Gasteiger partial charge in [-0.2, -0.15) is 5.10 Å². The summed E-state index contributed by atoms with van der Waals surface area (Å²) in [6, 6.07) is 9.51. The number of carbonyl (C=O) groups is 2. The molecule has 1 amide bonds. The Morgan fingerprint density at radius 2 is 1.97 bits per heavy atom. The van der Waals surface area contributed by atoms with Crippen LogP contribution in [0.25, 0.3) is 5.69 Å². The van der Waals surface area contributed by atoms with Gasteiger partial charge in [0.2, 0.25) is 0 Å². The predicted octanol–water partition coefficient (Wildman–Crippen LogP) is 3.94. The van der Waals surface area contributed by atoms with E-state index in [0.29, 0.717) is 12.2 Å². The molecule has 0 atom stereocenters. The maximum Gasteiger partial charge on any atom is 0.359 e. The number of ether oxygens (including phenoxy) is 1. The number of hydrogen-bond donors (Lipinski definition) is 0. The number of fused-ring (bicyclic) bond motifs is 1. The van der Waals surface area contributed by atoms with Crippen molar-refractivity contribution in [2.24, 2.45) is 0 Å². The second-order valence-electron chi connectivity index (χ2n) is 6.96. The lowest BCUT2D eigenvalue weighted by Gasteiger charge is -2.17. The fourth-order valence-electron chi connectivity index (χ4n) is 3.52. The average Bonchev–Trinajstić information content (AvgIpc) is 3.29. The minimum Gasteiger partial charge on any atom is -0.451 e. The van der Waals surface area contributed by atoms with Gasteiger partial charge in [-0.3, -0.25) is 4.79 Å². The first kappa shape index (κ1) is 20.4. The first-order valence-electron chi connectivity index (χ1n) is 9.30. The van der Waals surface area contributed by atoms with Crippen LogP contribution < -0.4 is 4.90 Å². The summed E-state index contributed by atoms with van der Waals surface area (Å²) in [6.07, 6.45) is 2.08. The summed E-state index contributed by atoms with van der Waals surface area (Å²) in [5, 5.41) is 4.61. The number of nitrogens with zero attached hydrogens (tertiary/aromatic N) is 4. The van der Waals surface area contributed by atoms with Crippen molar-refractivity contribution < 1.29 is 14.3 Å². The van der Waals surface area contributed by atoms with Crippen LogP contribution >= 0.6 is 23.2 Å². The minimum atomic E-state index is -0.805. The van der Waals surface area contributed by atoms with Crippen LogP contribution in [0.1, 0.15) is 27.4 Å². The van der Waals surface area contributed by atoms with Gasteiger partial charge in [-0.25, -0.2) is 14.5 Å². The Bertz CT molecular complexity index is 1160. The van der Waals surface area contributed by atoms with Gasteiger partial charge in [-0.05, 0) is 38.0 Å². The number of para-hydroxylation sites is 1. The SMILES string of the molecule is Cc1cc(C)n(-c2c(Cl)cnc(C(=O)OCC(=O)N3CCc4ccccc43)c2Cl)n1. The molecule has 0 saturated carbocycles. The molecule has 0 spiro atoms. The van der Waals surface area contributed by atoms with Crippen molar-refractivity contribution in [1.82, 2.24) is 14.8 Å². The zero-order valence-corrected chi connectivity index (χ0v) is 17.9. The van der Waals surface area contributed by atoms with Crippen LogP contribution in [0.5, 0.6) is 0 Å². The lowest BCUT2D eigenvalue weighted by atomic mass is 10.2. The third kappa shape index (κ3) is 3.66. The van der Waals surface area contributed by atoms with Gasteiger partial charge >= 0.3 is 5.97 Å². The number of aromatic nitrogens is 3. The van der Waals surface area contributed by atoms with Gasteiger partial charge < -0.3 is 9.64 Å². The fraction of sp³-hybridized carbons (Fsp3) is 0.238. The van der Waals surface area contributed by atoms with E-state index < -0.39 is 12.6 Å². The lowest BCUT2D eigenvalue weighted by molar-refractivity contribution is -0.121. The molecule has 2 aromatic heterocycles. The molecule has 0 fully saturated rings. The number of pyridine rings is 1. The molecule has 9 heteroatoms. The molecule has 0 bridgehead atoms. The summed E-state index contributed by atoms with van der Waals surface area (Å²) >= 11 is 12.7. The van der Waals surface area contributed by atoms with E-state index in [4.69, 9.17) is 27.9 Å². The molecule has 0 aliphatic carbocycles. The molecule has 154 valence electrons. The summed E-state index contributed by atoms with van der Waals surface area (Å²) in [5.74, 6) is -1.11. The van der Waals surface area contributed by atoms with Crippen molar-refractivity contribution in [3.8, 4) is 5.69 Å². The zero-order valence-electron chi connectivity index (χ0n) is 16.4. The first-order chi connectivity index (χ1) is 14.4. The van der Waals surface area contributed by atoms with Crippen LogP contribution in [0, 0.1) is 13.8 Å². The molecule has 0 N–H and O–H groups in total. The molecule has 0 unspecified atom stereocenters. The highest BCUT2D eigenvalue weighted by atomic mass is 35.5. The van der Waals surface area contributed by atoms with Crippen molar-refractivity contribution in [3.63, 3.8) is 0 Å². The second kappa shape index (κ2) is 8.08. The molecule has 0 radical (unpaired) electrons. The highest BCUT2D eigenvalue weighted by molar-refractivity contribution is 6.39. The van der Waals surface area contributed by atoms with Crippen molar-refractivity contribution in [2.45, 2.75) is 20.3 Å². The van der Waals surface area contributed by atoms with Crippen molar-refractivity contribution in [2.75, 3.05) is 18.1 Å². The molecule has 3 aromatic rings. The highest BCUT2D eigenvalue weighted by Gasteiger charge is 2.27. The Kier molecular flexibility index (Phi) is 5.49. The maximum atomic E-state index is 12.6. The first-order valence-corrected chi connectivity index (χ1v) is 10.1. The molecule has 1 aliphatic rings. The van der Waals surface area contributed by atoms with Crippen molar-refractivity contribution in [1.29, 1.82) is 0 Å². The highest BCUT2D eigenvalue weighted by Crippen LogP contribution is 2.31. The van der Waals surface area contributed by atoms with Crippen LogP contribution in [0.15, 0.2) is 36.5 Å². The third-order valence-electron chi connectivity index (χ3n) is 4.88. The molecule has 4 rings (SSSR count). The summed E-state index contributed by atoms with van der Waals surface area (Å²) in [7, 11) is 0. The number of aryl methyl sites for hydroxylation is 2. The van der Waals surface area contributed by atoms with Gasteiger partial charge in [0.15, 0.2) is 12.3 Å². The Morgan fingerprint density at radius 1 is 1.20 bits per heavy atom. The van der Waals surface area contributed by atoms with E-state index in [1.165, 1.54) is 6.20 Å². The Labute approximate surface area is 183 Å². The summed E-state index contributed by atoms with van der Waals surface area (Å²) < 4.78 is 6.76. The lowest BCUT2D eigenvalue weighted by Crippen LogP contribution is -2.33.